The number of nitrogens with zero attached hydrogens (tertiary/aromatic N) is 2. The Bertz CT molecular complexity index is 485. The molecule has 0 radical (unpaired) electrons. The summed E-state index contributed by atoms with van der Waals surface area (Å²) in [6, 6.07) is 2.16. The molecular weight excluding hydrogens is 284 g/mol. The lowest BCUT2D eigenvalue weighted by Crippen LogP contribution is -2.22. The van der Waals surface area contributed by atoms with E-state index in [2.05, 4.69) is 48.3 Å². The van der Waals surface area contributed by atoms with Crippen molar-refractivity contribution in [1.29, 1.82) is 0 Å². The van der Waals surface area contributed by atoms with E-state index in [1.165, 1.54) is 0 Å². The minimum atomic E-state index is -0.755. The van der Waals surface area contributed by atoms with E-state index in [-0.39, 0.29) is 11.5 Å². The first kappa shape index (κ1) is 17.9. The second kappa shape index (κ2) is 7.73. The maximum atomic E-state index is 11.2. The molecule has 1 rings (SSSR count). The van der Waals surface area contributed by atoms with Crippen LogP contribution in [0.25, 0.3) is 0 Å². The van der Waals surface area contributed by atoms with Gasteiger partial charge in [-0.05, 0) is 20.3 Å². The van der Waals surface area contributed by atoms with Gasteiger partial charge < -0.3 is 10.6 Å². The van der Waals surface area contributed by atoms with Crippen molar-refractivity contribution in [2.45, 2.75) is 52.5 Å². The molecule has 0 aliphatic heterocycles. The van der Waals surface area contributed by atoms with Crippen LogP contribution in [0.5, 0.6) is 0 Å². The zero-order valence-electron chi connectivity index (χ0n) is 14.0. The zero-order valence-corrected chi connectivity index (χ0v) is 14.8. The Labute approximate surface area is 130 Å². The van der Waals surface area contributed by atoms with Crippen molar-refractivity contribution in [2.75, 3.05) is 29.2 Å². The summed E-state index contributed by atoms with van der Waals surface area (Å²) < 4.78 is 11.2. The van der Waals surface area contributed by atoms with E-state index in [4.69, 9.17) is 0 Å². The van der Waals surface area contributed by atoms with Gasteiger partial charge in [-0.3, -0.25) is 4.21 Å². The summed E-state index contributed by atoms with van der Waals surface area (Å²) in [5.41, 5.74) is -0.101. The summed E-state index contributed by atoms with van der Waals surface area (Å²) in [5, 5.41) is 6.63. The normalized spacial score (nSPS) is 14.6. The van der Waals surface area contributed by atoms with Gasteiger partial charge >= 0.3 is 0 Å². The molecule has 1 heterocycles. The summed E-state index contributed by atoms with van der Waals surface area (Å²) >= 11 is 0. The SMILES string of the molecule is CCNc1cc(NC(C)CCS(C)=O)nc(C(C)(C)C)n1. The average Bonchev–Trinajstić information content (AvgIpc) is 2.35. The molecular formula is C15H28N4OS. The first-order valence-corrected chi connectivity index (χ1v) is 9.15. The van der Waals surface area contributed by atoms with Crippen LogP contribution in [0.15, 0.2) is 6.07 Å². The number of hydrogen-bond acceptors (Lipinski definition) is 5. The van der Waals surface area contributed by atoms with E-state index in [0.29, 0.717) is 5.75 Å². The summed E-state index contributed by atoms with van der Waals surface area (Å²) in [7, 11) is -0.755. The van der Waals surface area contributed by atoms with Gasteiger partial charge in [0.1, 0.15) is 17.5 Å². The summed E-state index contributed by atoms with van der Waals surface area (Å²) in [6.07, 6.45) is 2.59. The predicted molar refractivity (Wildman–Crippen MR) is 91.5 cm³/mol. The van der Waals surface area contributed by atoms with Crippen LogP contribution in [-0.4, -0.2) is 38.8 Å². The Morgan fingerprint density at radius 1 is 1.29 bits per heavy atom. The molecule has 120 valence electrons. The number of rotatable bonds is 7. The van der Waals surface area contributed by atoms with Crippen LogP contribution < -0.4 is 10.6 Å². The third-order valence-electron chi connectivity index (χ3n) is 2.99. The van der Waals surface area contributed by atoms with E-state index in [1.54, 1.807) is 6.26 Å². The number of aromatic nitrogens is 2. The van der Waals surface area contributed by atoms with Gasteiger partial charge in [-0.15, -0.1) is 0 Å². The van der Waals surface area contributed by atoms with Crippen LogP contribution in [0, 0.1) is 0 Å². The lowest BCUT2D eigenvalue weighted by atomic mass is 9.96. The summed E-state index contributed by atoms with van der Waals surface area (Å²) in [6.45, 7) is 11.3. The lowest BCUT2D eigenvalue weighted by molar-refractivity contribution is 0.546. The Morgan fingerprint density at radius 2 is 1.90 bits per heavy atom. The van der Waals surface area contributed by atoms with Crippen molar-refractivity contribution in [1.82, 2.24) is 9.97 Å². The second-order valence-corrected chi connectivity index (χ2v) is 7.91. The van der Waals surface area contributed by atoms with Crippen molar-refractivity contribution >= 4 is 22.4 Å². The average molecular weight is 312 g/mol. The predicted octanol–water partition coefficient (Wildman–Crippen LogP) is 2.77. The fraction of sp³-hybridized carbons (Fsp3) is 0.733. The van der Waals surface area contributed by atoms with Crippen molar-refractivity contribution in [3.05, 3.63) is 11.9 Å². The van der Waals surface area contributed by atoms with Crippen molar-refractivity contribution in [3.8, 4) is 0 Å². The van der Waals surface area contributed by atoms with Crippen molar-refractivity contribution < 1.29 is 4.21 Å². The fourth-order valence-corrected chi connectivity index (χ4v) is 2.48. The van der Waals surface area contributed by atoms with Crippen LogP contribution in [-0.2, 0) is 16.2 Å². The molecule has 2 N–H and O–H groups in total. The highest BCUT2D eigenvalue weighted by molar-refractivity contribution is 7.84. The molecule has 0 fully saturated rings. The fourth-order valence-electron chi connectivity index (χ4n) is 1.80. The van der Waals surface area contributed by atoms with Gasteiger partial charge in [0.2, 0.25) is 0 Å². The lowest BCUT2D eigenvalue weighted by Gasteiger charge is -2.21. The van der Waals surface area contributed by atoms with Gasteiger partial charge in [0, 0.05) is 46.9 Å². The highest BCUT2D eigenvalue weighted by Gasteiger charge is 2.19. The molecule has 0 aliphatic carbocycles. The van der Waals surface area contributed by atoms with Gasteiger partial charge in [-0.2, -0.15) is 0 Å². The van der Waals surface area contributed by atoms with Crippen LogP contribution >= 0.6 is 0 Å². The molecule has 0 aromatic carbocycles. The Balaban J connectivity index is 2.89. The number of nitrogens with one attached hydrogen (secondary N) is 2. The van der Waals surface area contributed by atoms with Gasteiger partial charge in [-0.1, -0.05) is 20.8 Å². The minimum absolute atomic E-state index is 0.101. The molecule has 2 atom stereocenters. The maximum Gasteiger partial charge on any atom is 0.138 e. The molecule has 0 aliphatic rings. The van der Waals surface area contributed by atoms with E-state index in [1.807, 2.05) is 13.0 Å². The first-order chi connectivity index (χ1) is 9.72. The molecule has 1 aromatic heterocycles. The van der Waals surface area contributed by atoms with Gasteiger partial charge in [0.15, 0.2) is 0 Å². The number of anilines is 2. The van der Waals surface area contributed by atoms with E-state index >= 15 is 0 Å². The molecule has 0 saturated carbocycles. The maximum absolute atomic E-state index is 11.2. The van der Waals surface area contributed by atoms with Crippen molar-refractivity contribution in [3.63, 3.8) is 0 Å². The topological polar surface area (TPSA) is 66.9 Å². The third kappa shape index (κ3) is 6.42. The minimum Gasteiger partial charge on any atom is -0.370 e. The van der Waals surface area contributed by atoms with Crippen LogP contribution in [0.3, 0.4) is 0 Å². The van der Waals surface area contributed by atoms with E-state index in [0.717, 1.165) is 30.4 Å². The van der Waals surface area contributed by atoms with E-state index < -0.39 is 10.8 Å². The highest BCUT2D eigenvalue weighted by Crippen LogP contribution is 2.22. The molecule has 0 spiro atoms. The first-order valence-electron chi connectivity index (χ1n) is 7.42. The molecule has 1 aromatic rings. The molecule has 5 nitrogen and oxygen atoms in total. The quantitative estimate of drug-likeness (QED) is 0.810. The Kier molecular flexibility index (Phi) is 6.58. The van der Waals surface area contributed by atoms with E-state index in [9.17, 15) is 4.21 Å². The molecule has 21 heavy (non-hydrogen) atoms. The largest absolute Gasteiger partial charge is 0.370 e. The van der Waals surface area contributed by atoms with Gasteiger partial charge in [0.25, 0.3) is 0 Å². The van der Waals surface area contributed by atoms with Gasteiger partial charge in [0.05, 0.1) is 0 Å². The molecule has 0 bridgehead atoms. The van der Waals surface area contributed by atoms with Gasteiger partial charge in [-0.25, -0.2) is 9.97 Å². The summed E-state index contributed by atoms with van der Waals surface area (Å²) in [4.78, 5) is 9.18. The monoisotopic (exact) mass is 312 g/mol. The van der Waals surface area contributed by atoms with Crippen LogP contribution in [0.4, 0.5) is 11.6 Å². The second-order valence-electron chi connectivity index (χ2n) is 6.35. The van der Waals surface area contributed by atoms with Crippen LogP contribution in [0.1, 0.15) is 46.9 Å². The Morgan fingerprint density at radius 3 is 2.43 bits per heavy atom. The summed E-state index contributed by atoms with van der Waals surface area (Å²) in [5.74, 6) is 3.17. The Hall–Kier alpha value is -1.17. The third-order valence-corrected chi connectivity index (χ3v) is 3.80. The zero-order chi connectivity index (χ0) is 16.0. The van der Waals surface area contributed by atoms with Crippen LogP contribution in [0.2, 0.25) is 0 Å². The smallest absolute Gasteiger partial charge is 0.138 e. The highest BCUT2D eigenvalue weighted by atomic mass is 32.2. The molecule has 0 amide bonds. The molecule has 2 unspecified atom stereocenters. The van der Waals surface area contributed by atoms with Crippen molar-refractivity contribution in [2.24, 2.45) is 0 Å². The molecule has 0 saturated heterocycles. The standard InChI is InChI=1S/C15H28N4OS/c1-7-16-12-10-13(17-11(2)8-9-21(6)20)19-14(18-12)15(3,4)5/h10-11H,7-9H2,1-6H3,(H2,16,17,18,19). The molecule has 6 heteroatoms. The number of hydrogen-bond donors (Lipinski definition) is 2.